The van der Waals surface area contributed by atoms with Gasteiger partial charge in [-0.2, -0.15) is 0 Å². The molecule has 0 fully saturated rings. The van der Waals surface area contributed by atoms with Gasteiger partial charge in [-0.1, -0.05) is 60.7 Å². The Bertz CT molecular complexity index is 1110. The Morgan fingerprint density at radius 1 is 0.538 bits per heavy atom. The van der Waals surface area contributed by atoms with E-state index >= 15 is 0 Å². The molecule has 0 radical (unpaired) electrons. The van der Waals surface area contributed by atoms with E-state index in [-0.39, 0.29) is 0 Å². The second kappa shape index (κ2) is 7.12. The van der Waals surface area contributed by atoms with Gasteiger partial charge in [0.15, 0.2) is 0 Å². The third-order valence-corrected chi connectivity index (χ3v) is 6.75. The Balaban J connectivity index is 2.27. The third kappa shape index (κ3) is 2.97. The predicted molar refractivity (Wildman–Crippen MR) is 111 cm³/mol. The van der Waals surface area contributed by atoms with Crippen molar-refractivity contribution < 1.29 is 8.42 Å². The highest BCUT2D eigenvalue weighted by Gasteiger charge is 2.21. The van der Waals surface area contributed by atoms with E-state index in [0.29, 0.717) is 20.9 Å². The molecule has 0 spiro atoms. The normalized spacial score (nSPS) is 13.8. The van der Waals surface area contributed by atoms with Crippen LogP contribution in [-0.4, -0.2) is 8.42 Å². The molecule has 0 N–H and O–H groups in total. The van der Waals surface area contributed by atoms with Crippen LogP contribution in [-0.2, 0) is 20.0 Å². The second-order valence-corrected chi connectivity index (χ2v) is 9.22. The summed E-state index contributed by atoms with van der Waals surface area (Å²) in [6.45, 7) is 0. The molecule has 6 heteroatoms. The minimum Gasteiger partial charge on any atom is -0.237 e. The van der Waals surface area contributed by atoms with Crippen molar-refractivity contribution in [3.63, 3.8) is 0 Å². The van der Waals surface area contributed by atoms with Crippen LogP contribution in [0.5, 0.6) is 0 Å². The molecule has 0 aliphatic rings. The summed E-state index contributed by atoms with van der Waals surface area (Å²) in [4.78, 5) is 0.954. The fourth-order valence-corrected chi connectivity index (χ4v) is 5.15. The molecule has 0 aliphatic carbocycles. The summed E-state index contributed by atoms with van der Waals surface area (Å²) in [7, 11) is 8.55. The van der Waals surface area contributed by atoms with Crippen LogP contribution in [0.3, 0.4) is 0 Å². The van der Waals surface area contributed by atoms with E-state index in [1.807, 2.05) is 60.7 Å². The van der Waals surface area contributed by atoms with Crippen LogP contribution in [0, 0.1) is 0 Å². The highest BCUT2D eigenvalue weighted by Crippen LogP contribution is 2.42. The van der Waals surface area contributed by atoms with E-state index in [2.05, 4.69) is 0 Å². The highest BCUT2D eigenvalue weighted by molar-refractivity contribution is 8.08. The minimum atomic E-state index is -1.73. The van der Waals surface area contributed by atoms with Gasteiger partial charge in [-0.25, -0.2) is 8.42 Å². The predicted octanol–water partition coefficient (Wildman–Crippen LogP) is 6.18. The van der Waals surface area contributed by atoms with Gasteiger partial charge in [-0.15, -0.1) is 0 Å². The molecule has 0 saturated carbocycles. The number of fused-ring (bicyclic) bond motifs is 2. The van der Waals surface area contributed by atoms with Gasteiger partial charge in [0, 0.05) is 11.1 Å². The lowest BCUT2D eigenvalue weighted by Gasteiger charge is -2.16. The average molecular weight is 419 g/mol. The first kappa shape index (κ1) is 17.7. The van der Waals surface area contributed by atoms with Gasteiger partial charge in [0.1, 0.15) is 20.0 Å². The molecular formula is C20H12Cl2O2S2. The van der Waals surface area contributed by atoms with E-state index < -0.39 is 20.0 Å². The van der Waals surface area contributed by atoms with Crippen LogP contribution in [0.1, 0.15) is 0 Å². The van der Waals surface area contributed by atoms with Crippen molar-refractivity contribution in [1.29, 1.82) is 0 Å². The van der Waals surface area contributed by atoms with Gasteiger partial charge in [-0.3, -0.25) is 0 Å². The molecule has 0 bridgehead atoms. The Kier molecular flexibility index (Phi) is 4.84. The standard InChI is InChI=1S/C20H12Cl2O2S2/c21-25(23)17-11-9-13-5-1-3-7-15(13)19(17)20-16-8-4-2-6-14(16)10-12-18(20)26(22)24/h1-12H. The first-order valence-electron chi connectivity index (χ1n) is 7.78. The van der Waals surface area contributed by atoms with E-state index in [0.717, 1.165) is 21.5 Å². The zero-order valence-electron chi connectivity index (χ0n) is 13.3. The summed E-state index contributed by atoms with van der Waals surface area (Å²) in [6, 6.07) is 22.8. The van der Waals surface area contributed by atoms with Crippen molar-refractivity contribution in [3.8, 4) is 11.1 Å². The lowest BCUT2D eigenvalue weighted by molar-refractivity contribution is 0.690. The van der Waals surface area contributed by atoms with Crippen molar-refractivity contribution >= 4 is 62.9 Å². The molecule has 2 nitrogen and oxygen atoms in total. The van der Waals surface area contributed by atoms with Crippen molar-refractivity contribution in [3.05, 3.63) is 72.8 Å². The Morgan fingerprint density at radius 2 is 0.923 bits per heavy atom. The zero-order valence-corrected chi connectivity index (χ0v) is 16.5. The molecule has 2 atom stereocenters. The Labute approximate surface area is 164 Å². The summed E-state index contributed by atoms with van der Waals surface area (Å²) in [5, 5.41) is 3.73. The zero-order chi connectivity index (χ0) is 18.3. The molecule has 4 aromatic rings. The quantitative estimate of drug-likeness (QED) is 0.372. The lowest BCUT2D eigenvalue weighted by atomic mass is 9.94. The first-order chi connectivity index (χ1) is 12.6. The molecule has 4 rings (SSSR count). The van der Waals surface area contributed by atoms with E-state index in [9.17, 15) is 8.42 Å². The number of hydrogen-bond acceptors (Lipinski definition) is 2. The largest absolute Gasteiger partial charge is 0.237 e. The van der Waals surface area contributed by atoms with Crippen LogP contribution in [0.15, 0.2) is 82.6 Å². The summed E-state index contributed by atoms with van der Waals surface area (Å²) in [5.74, 6) is 0. The van der Waals surface area contributed by atoms with E-state index in [1.54, 1.807) is 12.1 Å². The third-order valence-electron chi connectivity index (χ3n) is 4.38. The highest BCUT2D eigenvalue weighted by atomic mass is 35.7. The van der Waals surface area contributed by atoms with Gasteiger partial charge >= 0.3 is 0 Å². The van der Waals surface area contributed by atoms with E-state index in [1.165, 1.54) is 0 Å². The molecule has 130 valence electrons. The van der Waals surface area contributed by atoms with Crippen LogP contribution in [0.25, 0.3) is 32.7 Å². The van der Waals surface area contributed by atoms with Crippen LogP contribution in [0.2, 0.25) is 0 Å². The number of hydrogen-bond donors (Lipinski definition) is 0. The summed E-state index contributed by atoms with van der Waals surface area (Å²) in [5.41, 5.74) is 1.41. The second-order valence-electron chi connectivity index (χ2n) is 5.77. The molecule has 0 amide bonds. The van der Waals surface area contributed by atoms with Gasteiger partial charge in [0.05, 0.1) is 9.79 Å². The Morgan fingerprint density at radius 3 is 1.31 bits per heavy atom. The summed E-state index contributed by atoms with van der Waals surface area (Å²) >= 11 is 0. The molecule has 0 heterocycles. The first-order valence-corrected chi connectivity index (χ1v) is 11.7. The molecular weight excluding hydrogens is 407 g/mol. The maximum Gasteiger partial charge on any atom is 0.148 e. The molecule has 0 saturated heterocycles. The van der Waals surface area contributed by atoms with Crippen molar-refractivity contribution in [2.75, 3.05) is 0 Å². The van der Waals surface area contributed by atoms with Gasteiger partial charge in [0.2, 0.25) is 0 Å². The van der Waals surface area contributed by atoms with Gasteiger partial charge in [-0.05, 0) is 55.0 Å². The van der Waals surface area contributed by atoms with E-state index in [4.69, 9.17) is 21.4 Å². The number of halogens is 2. The lowest BCUT2D eigenvalue weighted by Crippen LogP contribution is -1.96. The minimum absolute atomic E-state index is 0.477. The summed E-state index contributed by atoms with van der Waals surface area (Å²) < 4.78 is 24.5. The fourth-order valence-electron chi connectivity index (χ4n) is 3.29. The van der Waals surface area contributed by atoms with Crippen LogP contribution >= 0.6 is 21.4 Å². The van der Waals surface area contributed by atoms with Gasteiger partial charge in [0.25, 0.3) is 0 Å². The fraction of sp³-hybridized carbons (Fsp3) is 0. The van der Waals surface area contributed by atoms with Crippen molar-refractivity contribution in [2.24, 2.45) is 0 Å². The van der Waals surface area contributed by atoms with Crippen LogP contribution < -0.4 is 0 Å². The molecule has 0 aliphatic heterocycles. The van der Waals surface area contributed by atoms with Crippen molar-refractivity contribution in [1.82, 2.24) is 0 Å². The van der Waals surface area contributed by atoms with Crippen LogP contribution in [0.4, 0.5) is 0 Å². The van der Waals surface area contributed by atoms with Gasteiger partial charge < -0.3 is 0 Å². The molecule has 26 heavy (non-hydrogen) atoms. The smallest absolute Gasteiger partial charge is 0.148 e. The average Bonchev–Trinajstić information content (AvgIpc) is 2.66. The van der Waals surface area contributed by atoms with Crippen molar-refractivity contribution in [2.45, 2.75) is 9.79 Å². The maximum absolute atomic E-state index is 12.3. The topological polar surface area (TPSA) is 34.1 Å². The molecule has 2 unspecified atom stereocenters. The molecule has 4 aromatic carbocycles. The number of benzene rings is 4. The Hall–Kier alpha value is -1.72. The molecule has 0 aromatic heterocycles. The summed E-state index contributed by atoms with van der Waals surface area (Å²) in [6.07, 6.45) is 0. The number of rotatable bonds is 3. The SMILES string of the molecule is O=S(Cl)c1ccc2ccccc2c1-c1c(S(=O)Cl)ccc2ccccc12. The monoisotopic (exact) mass is 418 g/mol. The maximum atomic E-state index is 12.3.